The largest absolute Gasteiger partial charge is 0.493 e. The molecule has 26 heavy (non-hydrogen) atoms. The first-order valence-corrected chi connectivity index (χ1v) is 10.5. The Kier molecular flexibility index (Phi) is 7.10. The van der Waals surface area contributed by atoms with Crippen LogP contribution in [0.15, 0.2) is 23.2 Å². The van der Waals surface area contributed by atoms with Crippen LogP contribution in [0.4, 0.5) is 5.69 Å². The van der Waals surface area contributed by atoms with E-state index in [0.29, 0.717) is 43.7 Å². The first kappa shape index (κ1) is 20.3. The molecule has 8 nitrogen and oxygen atoms in total. The van der Waals surface area contributed by atoms with Crippen LogP contribution in [0.2, 0.25) is 0 Å². The summed E-state index contributed by atoms with van der Waals surface area (Å²) in [6, 6.07) is 5.58. The Hall–Kier alpha value is -2.00. The topological polar surface area (TPSA) is 92.3 Å². The third-order valence-electron chi connectivity index (χ3n) is 4.23. The third-order valence-corrected chi connectivity index (χ3v) is 5.50. The maximum Gasteiger partial charge on any atom is 0.211 e. The number of nitrogens with zero attached hydrogens (tertiary/aromatic N) is 2. The minimum absolute atomic E-state index is 0.262. The van der Waals surface area contributed by atoms with Gasteiger partial charge in [-0.3, -0.25) is 4.99 Å². The van der Waals surface area contributed by atoms with Crippen molar-refractivity contribution >= 4 is 21.7 Å². The molecule has 1 saturated heterocycles. The second-order valence-electron chi connectivity index (χ2n) is 6.15. The minimum atomic E-state index is -3.11. The fourth-order valence-corrected chi connectivity index (χ4v) is 3.76. The van der Waals surface area contributed by atoms with Gasteiger partial charge in [0.05, 0.1) is 20.0 Å². The average molecular weight is 385 g/mol. The fourth-order valence-electron chi connectivity index (χ4n) is 2.84. The van der Waals surface area contributed by atoms with Gasteiger partial charge < -0.3 is 20.1 Å². The number of anilines is 1. The van der Waals surface area contributed by atoms with Crippen LogP contribution in [0.5, 0.6) is 11.5 Å². The Labute approximate surface area is 155 Å². The number of hydrogen-bond acceptors (Lipinski definition) is 5. The van der Waals surface area contributed by atoms with Gasteiger partial charge in [-0.05, 0) is 31.4 Å². The van der Waals surface area contributed by atoms with Gasteiger partial charge in [0.2, 0.25) is 10.0 Å². The molecule has 0 saturated carbocycles. The monoisotopic (exact) mass is 384 g/mol. The van der Waals surface area contributed by atoms with Gasteiger partial charge in [0, 0.05) is 38.4 Å². The second-order valence-corrected chi connectivity index (χ2v) is 8.13. The van der Waals surface area contributed by atoms with Crippen molar-refractivity contribution < 1.29 is 17.9 Å². The highest BCUT2D eigenvalue weighted by molar-refractivity contribution is 7.88. The molecule has 0 aromatic heterocycles. The van der Waals surface area contributed by atoms with Crippen molar-refractivity contribution in [1.29, 1.82) is 0 Å². The lowest BCUT2D eigenvalue weighted by Gasteiger charge is -2.17. The van der Waals surface area contributed by atoms with Crippen molar-refractivity contribution in [2.24, 2.45) is 10.9 Å². The molecule has 0 spiro atoms. The van der Waals surface area contributed by atoms with Crippen molar-refractivity contribution in [2.45, 2.75) is 13.3 Å². The Balaban J connectivity index is 1.92. The Morgan fingerprint density at radius 1 is 1.38 bits per heavy atom. The number of nitrogens with one attached hydrogen (secondary N) is 2. The fraction of sp³-hybridized carbons (Fsp3) is 0.588. The summed E-state index contributed by atoms with van der Waals surface area (Å²) in [5.74, 6) is 2.22. The summed E-state index contributed by atoms with van der Waals surface area (Å²) in [4.78, 5) is 4.22. The van der Waals surface area contributed by atoms with Crippen LogP contribution < -0.4 is 20.1 Å². The predicted octanol–water partition coefficient (Wildman–Crippen LogP) is 1.36. The average Bonchev–Trinajstić information content (AvgIpc) is 3.09. The SMILES string of the molecule is CCOc1ccc(NC(=NC)NCC2CCN(S(C)(=O)=O)C2)cc1OC. The standard InChI is InChI=1S/C17H28N4O4S/c1-5-25-15-7-6-14(10-16(15)24-3)20-17(18-2)19-11-13-8-9-21(12-13)26(4,22)23/h6-7,10,13H,5,8-9,11-12H2,1-4H3,(H2,18,19,20). The highest BCUT2D eigenvalue weighted by atomic mass is 32.2. The maximum atomic E-state index is 11.6. The minimum Gasteiger partial charge on any atom is -0.493 e. The first-order chi connectivity index (χ1) is 12.4. The number of benzene rings is 1. The van der Waals surface area contributed by atoms with E-state index in [9.17, 15) is 8.42 Å². The summed E-state index contributed by atoms with van der Waals surface area (Å²) in [7, 11) is 0.182. The number of methoxy groups -OCH3 is 1. The van der Waals surface area contributed by atoms with Crippen LogP contribution in [0.1, 0.15) is 13.3 Å². The van der Waals surface area contributed by atoms with E-state index in [0.717, 1.165) is 12.1 Å². The molecule has 1 fully saturated rings. The van der Waals surface area contributed by atoms with E-state index < -0.39 is 10.0 Å². The summed E-state index contributed by atoms with van der Waals surface area (Å²) >= 11 is 0. The Bertz CT molecular complexity index is 736. The van der Waals surface area contributed by atoms with Gasteiger partial charge in [-0.25, -0.2) is 12.7 Å². The van der Waals surface area contributed by atoms with E-state index >= 15 is 0 Å². The van der Waals surface area contributed by atoms with E-state index in [1.807, 2.05) is 25.1 Å². The van der Waals surface area contributed by atoms with Gasteiger partial charge in [-0.2, -0.15) is 0 Å². The zero-order chi connectivity index (χ0) is 19.2. The second kappa shape index (κ2) is 9.09. The van der Waals surface area contributed by atoms with Crippen molar-refractivity contribution in [2.75, 3.05) is 52.0 Å². The Morgan fingerprint density at radius 2 is 2.15 bits per heavy atom. The Morgan fingerprint density at radius 3 is 2.73 bits per heavy atom. The summed E-state index contributed by atoms with van der Waals surface area (Å²) in [5.41, 5.74) is 0.822. The van der Waals surface area contributed by atoms with E-state index in [2.05, 4.69) is 15.6 Å². The highest BCUT2D eigenvalue weighted by Gasteiger charge is 2.28. The number of guanidine groups is 1. The molecule has 146 valence electrons. The normalized spacial score (nSPS) is 18.6. The van der Waals surface area contributed by atoms with Crippen LogP contribution in [0, 0.1) is 5.92 Å². The van der Waals surface area contributed by atoms with Crippen molar-refractivity contribution in [3.8, 4) is 11.5 Å². The summed E-state index contributed by atoms with van der Waals surface area (Å²) in [5, 5.41) is 6.46. The lowest BCUT2D eigenvalue weighted by molar-refractivity contribution is 0.311. The molecular weight excluding hydrogens is 356 g/mol. The molecule has 1 atom stereocenters. The molecule has 1 unspecified atom stereocenters. The number of rotatable bonds is 7. The number of sulfonamides is 1. The van der Waals surface area contributed by atoms with Crippen molar-refractivity contribution in [3.05, 3.63) is 18.2 Å². The molecule has 0 amide bonds. The molecule has 1 heterocycles. The number of hydrogen-bond donors (Lipinski definition) is 2. The van der Waals surface area contributed by atoms with Gasteiger partial charge in [0.1, 0.15) is 0 Å². The van der Waals surface area contributed by atoms with E-state index in [-0.39, 0.29) is 5.92 Å². The molecule has 1 aromatic carbocycles. The molecule has 1 aromatic rings. The van der Waals surface area contributed by atoms with E-state index in [1.165, 1.54) is 10.6 Å². The van der Waals surface area contributed by atoms with Crippen LogP contribution in [-0.2, 0) is 10.0 Å². The molecular formula is C17H28N4O4S. The maximum absolute atomic E-state index is 11.6. The van der Waals surface area contributed by atoms with Crippen LogP contribution in [0.25, 0.3) is 0 Å². The number of aliphatic imine (C=N–C) groups is 1. The highest BCUT2D eigenvalue weighted by Crippen LogP contribution is 2.30. The van der Waals surface area contributed by atoms with Gasteiger partial charge in [0.25, 0.3) is 0 Å². The van der Waals surface area contributed by atoms with Gasteiger partial charge in [-0.1, -0.05) is 0 Å². The van der Waals surface area contributed by atoms with E-state index in [4.69, 9.17) is 9.47 Å². The van der Waals surface area contributed by atoms with Crippen LogP contribution in [0.3, 0.4) is 0 Å². The predicted molar refractivity (Wildman–Crippen MR) is 104 cm³/mol. The van der Waals surface area contributed by atoms with E-state index in [1.54, 1.807) is 14.2 Å². The van der Waals surface area contributed by atoms with Gasteiger partial charge >= 0.3 is 0 Å². The lowest BCUT2D eigenvalue weighted by atomic mass is 10.1. The molecule has 2 N–H and O–H groups in total. The van der Waals surface area contributed by atoms with Crippen molar-refractivity contribution in [3.63, 3.8) is 0 Å². The van der Waals surface area contributed by atoms with Crippen LogP contribution in [-0.4, -0.2) is 65.3 Å². The molecule has 9 heteroatoms. The first-order valence-electron chi connectivity index (χ1n) is 8.61. The molecule has 0 aliphatic carbocycles. The smallest absolute Gasteiger partial charge is 0.211 e. The summed E-state index contributed by atoms with van der Waals surface area (Å²) in [6.07, 6.45) is 2.09. The van der Waals surface area contributed by atoms with Gasteiger partial charge in [-0.15, -0.1) is 0 Å². The van der Waals surface area contributed by atoms with Crippen LogP contribution >= 0.6 is 0 Å². The third kappa shape index (κ3) is 5.50. The van der Waals surface area contributed by atoms with Crippen molar-refractivity contribution in [1.82, 2.24) is 9.62 Å². The quantitative estimate of drug-likeness (QED) is 0.545. The lowest BCUT2D eigenvalue weighted by Crippen LogP contribution is -2.36. The van der Waals surface area contributed by atoms with Gasteiger partial charge in [0.15, 0.2) is 17.5 Å². The summed E-state index contributed by atoms with van der Waals surface area (Å²) in [6.45, 7) is 4.26. The molecule has 2 rings (SSSR count). The molecule has 0 bridgehead atoms. The molecule has 0 radical (unpaired) electrons. The summed E-state index contributed by atoms with van der Waals surface area (Å²) < 4.78 is 35.6. The number of ether oxygens (including phenoxy) is 2. The molecule has 1 aliphatic heterocycles. The zero-order valence-corrected chi connectivity index (χ0v) is 16.6. The molecule has 1 aliphatic rings. The zero-order valence-electron chi connectivity index (χ0n) is 15.8.